The number of hydrogen-bond acceptors (Lipinski definition) is 2. The predicted molar refractivity (Wildman–Crippen MR) is 102 cm³/mol. The topological polar surface area (TPSA) is 54.1 Å². The van der Waals surface area contributed by atoms with E-state index in [0.29, 0.717) is 18.0 Å². The minimum Gasteiger partial charge on any atom is -0.445 e. The van der Waals surface area contributed by atoms with Crippen molar-refractivity contribution in [2.45, 2.75) is 13.0 Å². The molecular weight excluding hydrogens is 336 g/mol. The van der Waals surface area contributed by atoms with Crippen molar-refractivity contribution in [1.29, 1.82) is 0 Å². The Labute approximate surface area is 151 Å². The van der Waals surface area contributed by atoms with Gasteiger partial charge in [-0.3, -0.25) is 0 Å². The van der Waals surface area contributed by atoms with Gasteiger partial charge in [-0.25, -0.2) is 4.79 Å². The van der Waals surface area contributed by atoms with Crippen molar-refractivity contribution in [3.8, 4) is 0 Å². The van der Waals surface area contributed by atoms with Crippen LogP contribution in [0.5, 0.6) is 0 Å². The van der Waals surface area contributed by atoms with Gasteiger partial charge >= 0.3 is 6.09 Å². The third kappa shape index (κ3) is 4.88. The van der Waals surface area contributed by atoms with Crippen LogP contribution in [-0.2, 0) is 11.3 Å². The van der Waals surface area contributed by atoms with Crippen LogP contribution in [0.4, 0.5) is 4.79 Å². The average Bonchev–Trinajstić information content (AvgIpc) is 3.07. The Morgan fingerprint density at radius 3 is 2.88 bits per heavy atom. The quantitative estimate of drug-likeness (QED) is 0.601. The summed E-state index contributed by atoms with van der Waals surface area (Å²) in [4.78, 5) is 14.8. The number of hydrogen-bond donors (Lipinski definition) is 2. The number of carbonyl (C=O) groups is 1. The van der Waals surface area contributed by atoms with Crippen LogP contribution < -0.4 is 5.32 Å². The maximum Gasteiger partial charge on any atom is 0.407 e. The third-order valence-corrected chi connectivity index (χ3v) is 4.09. The van der Waals surface area contributed by atoms with E-state index >= 15 is 0 Å². The SMILES string of the molecule is O=C(NCCC=Cc1cc2cc[nH]c2cc1Cl)OCc1ccccc1. The Bertz CT molecular complexity index is 872. The molecule has 0 atom stereocenters. The maximum absolute atomic E-state index is 11.6. The Hall–Kier alpha value is -2.72. The summed E-state index contributed by atoms with van der Waals surface area (Å²) < 4.78 is 5.15. The number of halogens is 1. The second-order valence-corrected chi connectivity index (χ2v) is 6.03. The zero-order valence-electron chi connectivity index (χ0n) is 13.7. The molecule has 3 rings (SSSR count). The normalized spacial score (nSPS) is 11.1. The molecule has 0 aliphatic rings. The van der Waals surface area contributed by atoms with Crippen molar-refractivity contribution in [2.75, 3.05) is 6.54 Å². The molecular formula is C20H19ClN2O2. The lowest BCUT2D eigenvalue weighted by Gasteiger charge is -2.06. The van der Waals surface area contributed by atoms with Gasteiger partial charge in [0.25, 0.3) is 0 Å². The monoisotopic (exact) mass is 354 g/mol. The summed E-state index contributed by atoms with van der Waals surface area (Å²) in [5.41, 5.74) is 2.94. The molecule has 0 aliphatic heterocycles. The van der Waals surface area contributed by atoms with Crippen LogP contribution in [0.1, 0.15) is 17.5 Å². The number of alkyl carbamates (subject to hydrolysis) is 1. The van der Waals surface area contributed by atoms with E-state index in [1.165, 1.54) is 0 Å². The molecule has 0 unspecified atom stereocenters. The Kier molecular flexibility index (Phi) is 5.75. The van der Waals surface area contributed by atoms with Gasteiger partial charge in [0.15, 0.2) is 0 Å². The van der Waals surface area contributed by atoms with Crippen LogP contribution in [0.3, 0.4) is 0 Å². The Morgan fingerprint density at radius 1 is 1.20 bits per heavy atom. The maximum atomic E-state index is 11.6. The summed E-state index contributed by atoms with van der Waals surface area (Å²) in [5.74, 6) is 0. The first-order valence-corrected chi connectivity index (χ1v) is 8.48. The molecule has 3 aromatic rings. The summed E-state index contributed by atoms with van der Waals surface area (Å²) in [7, 11) is 0. The molecule has 0 aliphatic carbocycles. The number of benzene rings is 2. The number of ether oxygens (including phenoxy) is 1. The number of nitrogens with one attached hydrogen (secondary N) is 2. The third-order valence-electron chi connectivity index (χ3n) is 3.76. The summed E-state index contributed by atoms with van der Waals surface area (Å²) in [6.07, 6.45) is 6.12. The van der Waals surface area contributed by atoms with Crippen molar-refractivity contribution in [1.82, 2.24) is 10.3 Å². The number of aromatic nitrogens is 1. The standard InChI is InChI=1S/C20H19ClN2O2/c21-18-13-19-17(9-11-22-19)12-16(18)8-4-5-10-23-20(24)25-14-15-6-2-1-3-7-15/h1-4,6-9,11-13,22H,5,10,14H2,(H,23,24). The van der Waals surface area contributed by atoms with Gasteiger partial charge in [-0.2, -0.15) is 0 Å². The Morgan fingerprint density at radius 2 is 2.04 bits per heavy atom. The van der Waals surface area contributed by atoms with Crippen molar-refractivity contribution in [2.24, 2.45) is 0 Å². The van der Waals surface area contributed by atoms with E-state index in [1.807, 2.05) is 66.9 Å². The minimum atomic E-state index is -0.413. The van der Waals surface area contributed by atoms with Crippen LogP contribution in [-0.4, -0.2) is 17.6 Å². The molecule has 0 fully saturated rings. The van der Waals surface area contributed by atoms with Gasteiger partial charge in [0.2, 0.25) is 0 Å². The molecule has 1 aromatic heterocycles. The first kappa shape index (κ1) is 17.1. The van der Waals surface area contributed by atoms with E-state index in [1.54, 1.807) is 0 Å². The molecule has 0 bridgehead atoms. The molecule has 5 heteroatoms. The van der Waals surface area contributed by atoms with E-state index in [2.05, 4.69) is 10.3 Å². The zero-order valence-corrected chi connectivity index (χ0v) is 14.4. The summed E-state index contributed by atoms with van der Waals surface area (Å²) >= 11 is 6.26. The molecule has 0 spiro atoms. The van der Waals surface area contributed by atoms with Gasteiger partial charge in [0.05, 0.1) is 0 Å². The van der Waals surface area contributed by atoms with Gasteiger partial charge < -0.3 is 15.0 Å². The second-order valence-electron chi connectivity index (χ2n) is 5.62. The highest BCUT2D eigenvalue weighted by Gasteiger charge is 2.02. The van der Waals surface area contributed by atoms with E-state index in [4.69, 9.17) is 16.3 Å². The first-order valence-electron chi connectivity index (χ1n) is 8.10. The smallest absolute Gasteiger partial charge is 0.407 e. The van der Waals surface area contributed by atoms with Gasteiger partial charge in [-0.15, -0.1) is 0 Å². The van der Waals surface area contributed by atoms with Crippen LogP contribution in [0.15, 0.2) is 60.8 Å². The largest absolute Gasteiger partial charge is 0.445 e. The second kappa shape index (κ2) is 8.40. The molecule has 1 amide bonds. The van der Waals surface area contributed by atoms with Crippen LogP contribution >= 0.6 is 11.6 Å². The highest BCUT2D eigenvalue weighted by Crippen LogP contribution is 2.24. The molecule has 0 radical (unpaired) electrons. The number of H-pyrrole nitrogens is 1. The van der Waals surface area contributed by atoms with E-state index in [-0.39, 0.29) is 6.61 Å². The van der Waals surface area contributed by atoms with Crippen molar-refractivity contribution in [3.05, 3.63) is 77.0 Å². The van der Waals surface area contributed by atoms with Gasteiger partial charge in [-0.1, -0.05) is 54.1 Å². The molecule has 1 heterocycles. The van der Waals surface area contributed by atoms with Gasteiger partial charge in [0, 0.05) is 28.7 Å². The lowest BCUT2D eigenvalue weighted by atomic mass is 10.1. The highest BCUT2D eigenvalue weighted by molar-refractivity contribution is 6.32. The van der Waals surface area contributed by atoms with Crippen molar-refractivity contribution in [3.63, 3.8) is 0 Å². The van der Waals surface area contributed by atoms with Gasteiger partial charge in [0.1, 0.15) is 6.61 Å². The van der Waals surface area contributed by atoms with E-state index in [0.717, 1.165) is 22.0 Å². The minimum absolute atomic E-state index is 0.273. The zero-order chi connectivity index (χ0) is 17.5. The summed E-state index contributed by atoms with van der Waals surface area (Å²) in [6.45, 7) is 0.781. The molecule has 25 heavy (non-hydrogen) atoms. The lowest BCUT2D eigenvalue weighted by molar-refractivity contribution is 0.140. The number of carbonyl (C=O) groups excluding carboxylic acids is 1. The van der Waals surface area contributed by atoms with Crippen molar-refractivity contribution >= 4 is 34.7 Å². The summed E-state index contributed by atoms with van der Waals surface area (Å²) in [5, 5.41) is 4.54. The first-order chi connectivity index (χ1) is 12.2. The lowest BCUT2D eigenvalue weighted by Crippen LogP contribution is -2.24. The average molecular weight is 355 g/mol. The number of aromatic amines is 1. The van der Waals surface area contributed by atoms with Crippen molar-refractivity contribution < 1.29 is 9.53 Å². The fourth-order valence-electron chi connectivity index (χ4n) is 2.46. The van der Waals surface area contributed by atoms with Crippen LogP contribution in [0.25, 0.3) is 17.0 Å². The number of amides is 1. The molecule has 2 aromatic carbocycles. The fraction of sp³-hybridized carbons (Fsp3) is 0.150. The number of fused-ring (bicyclic) bond motifs is 1. The highest BCUT2D eigenvalue weighted by atomic mass is 35.5. The van der Waals surface area contributed by atoms with Gasteiger partial charge in [-0.05, 0) is 35.7 Å². The Balaban J connectivity index is 1.42. The fourth-order valence-corrected chi connectivity index (χ4v) is 2.69. The molecule has 2 N–H and O–H groups in total. The van der Waals surface area contributed by atoms with Crippen LogP contribution in [0.2, 0.25) is 5.02 Å². The number of rotatable bonds is 6. The molecule has 0 saturated carbocycles. The molecule has 0 saturated heterocycles. The van der Waals surface area contributed by atoms with E-state index < -0.39 is 6.09 Å². The molecule has 4 nitrogen and oxygen atoms in total. The van der Waals surface area contributed by atoms with E-state index in [9.17, 15) is 4.79 Å². The predicted octanol–water partition coefficient (Wildman–Crippen LogP) is 5.15. The summed E-state index contributed by atoms with van der Waals surface area (Å²) in [6, 6.07) is 15.5. The van der Waals surface area contributed by atoms with Crippen LogP contribution in [0, 0.1) is 0 Å². The molecule has 128 valence electrons.